The van der Waals surface area contributed by atoms with E-state index >= 15 is 0 Å². The molecule has 1 aliphatic rings. The van der Waals surface area contributed by atoms with E-state index in [0.717, 1.165) is 40.1 Å². The predicted molar refractivity (Wildman–Crippen MR) is 131 cm³/mol. The lowest BCUT2D eigenvalue weighted by atomic mass is 9.92. The summed E-state index contributed by atoms with van der Waals surface area (Å²) in [5.74, 6) is 8.61. The number of nitrogens with zero attached hydrogens (tertiary/aromatic N) is 1. The number of benzene rings is 2. The minimum atomic E-state index is -0.206. The Labute approximate surface area is 203 Å². The Morgan fingerprint density at radius 3 is 2.18 bits per heavy atom. The Bertz CT molecular complexity index is 1080. The molecule has 1 unspecified atom stereocenters. The maximum absolute atomic E-state index is 5.99. The molecule has 1 atom stereocenters. The molecule has 0 bridgehead atoms. The molecule has 1 saturated carbocycles. The van der Waals surface area contributed by atoms with Crippen molar-refractivity contribution in [2.24, 2.45) is 0 Å². The van der Waals surface area contributed by atoms with E-state index in [2.05, 4.69) is 32.8 Å². The van der Waals surface area contributed by atoms with Crippen molar-refractivity contribution in [3.8, 4) is 29.1 Å². The van der Waals surface area contributed by atoms with E-state index in [1.807, 2.05) is 67.6 Å². The quantitative estimate of drug-likeness (QED) is 0.360. The van der Waals surface area contributed by atoms with Crippen molar-refractivity contribution in [2.75, 3.05) is 7.11 Å². The lowest BCUT2D eigenvalue weighted by Gasteiger charge is -2.35. The highest BCUT2D eigenvalue weighted by atomic mass is 79.9. The van der Waals surface area contributed by atoms with Gasteiger partial charge in [-0.15, -0.1) is 0 Å². The first-order valence-electron chi connectivity index (χ1n) is 10.9. The van der Waals surface area contributed by atoms with Gasteiger partial charge < -0.3 is 18.9 Å². The molecule has 6 heteroatoms. The number of hydrogen-bond donors (Lipinski definition) is 0. The third-order valence-electron chi connectivity index (χ3n) is 5.27. The van der Waals surface area contributed by atoms with Crippen LogP contribution in [0.15, 0.2) is 71.3 Å². The van der Waals surface area contributed by atoms with Gasteiger partial charge in [-0.2, -0.15) is 0 Å². The SMILES string of the molecule is COc1ccc(COC(C)C#Cc2ccc(OC3CC(Oc4ccc(Br)cc4)C3)cn2)cc1. The zero-order valence-corrected chi connectivity index (χ0v) is 20.2. The third-order valence-corrected chi connectivity index (χ3v) is 5.80. The number of rotatable bonds is 8. The number of halogens is 1. The summed E-state index contributed by atoms with van der Waals surface area (Å²) < 4.78 is 23.9. The van der Waals surface area contributed by atoms with E-state index in [1.165, 1.54) is 0 Å². The van der Waals surface area contributed by atoms with Crippen molar-refractivity contribution >= 4 is 15.9 Å². The molecule has 170 valence electrons. The van der Waals surface area contributed by atoms with Crippen LogP contribution < -0.4 is 14.2 Å². The normalized spacial score (nSPS) is 17.8. The second kappa shape index (κ2) is 11.2. The summed E-state index contributed by atoms with van der Waals surface area (Å²) in [6.45, 7) is 2.42. The minimum absolute atomic E-state index is 0.149. The van der Waals surface area contributed by atoms with Crippen LogP contribution in [-0.4, -0.2) is 30.4 Å². The van der Waals surface area contributed by atoms with Gasteiger partial charge in [0.05, 0.1) is 19.9 Å². The van der Waals surface area contributed by atoms with Gasteiger partial charge in [0, 0.05) is 17.3 Å². The van der Waals surface area contributed by atoms with Crippen LogP contribution in [0.3, 0.4) is 0 Å². The van der Waals surface area contributed by atoms with E-state index < -0.39 is 0 Å². The van der Waals surface area contributed by atoms with E-state index in [-0.39, 0.29) is 18.3 Å². The van der Waals surface area contributed by atoms with Gasteiger partial charge in [0.15, 0.2) is 0 Å². The van der Waals surface area contributed by atoms with E-state index in [1.54, 1.807) is 13.3 Å². The molecule has 1 aromatic heterocycles. The van der Waals surface area contributed by atoms with Gasteiger partial charge in [-0.25, -0.2) is 4.98 Å². The van der Waals surface area contributed by atoms with Gasteiger partial charge in [0.25, 0.3) is 0 Å². The van der Waals surface area contributed by atoms with Gasteiger partial charge in [-0.3, -0.25) is 0 Å². The van der Waals surface area contributed by atoms with Gasteiger partial charge >= 0.3 is 0 Å². The topological polar surface area (TPSA) is 49.8 Å². The molecule has 1 fully saturated rings. The van der Waals surface area contributed by atoms with Crippen molar-refractivity contribution in [3.05, 3.63) is 82.6 Å². The van der Waals surface area contributed by atoms with E-state index in [9.17, 15) is 0 Å². The fraction of sp³-hybridized carbons (Fsp3) is 0.296. The van der Waals surface area contributed by atoms with Crippen molar-refractivity contribution in [1.29, 1.82) is 0 Å². The maximum atomic E-state index is 5.99. The molecule has 2 aromatic carbocycles. The van der Waals surface area contributed by atoms with Crippen LogP contribution >= 0.6 is 15.9 Å². The largest absolute Gasteiger partial charge is 0.497 e. The monoisotopic (exact) mass is 507 g/mol. The molecule has 4 rings (SSSR count). The lowest BCUT2D eigenvalue weighted by Crippen LogP contribution is -2.41. The second-order valence-electron chi connectivity index (χ2n) is 7.85. The van der Waals surface area contributed by atoms with Crippen LogP contribution in [-0.2, 0) is 11.3 Å². The smallest absolute Gasteiger partial charge is 0.138 e. The first-order valence-corrected chi connectivity index (χ1v) is 11.7. The predicted octanol–water partition coefficient (Wildman–Crippen LogP) is 5.80. The summed E-state index contributed by atoms with van der Waals surface area (Å²) in [6.07, 6.45) is 3.57. The van der Waals surface area contributed by atoms with Gasteiger partial charge in [0.1, 0.15) is 41.3 Å². The summed E-state index contributed by atoms with van der Waals surface area (Å²) in [4.78, 5) is 4.39. The highest BCUT2D eigenvalue weighted by molar-refractivity contribution is 9.10. The minimum Gasteiger partial charge on any atom is -0.497 e. The first-order chi connectivity index (χ1) is 16.1. The van der Waals surface area contributed by atoms with Crippen molar-refractivity contribution in [3.63, 3.8) is 0 Å². The Hall–Kier alpha value is -3.01. The summed E-state index contributed by atoms with van der Waals surface area (Å²) in [7, 11) is 1.65. The molecular weight excluding hydrogens is 482 g/mol. The van der Waals surface area contributed by atoms with Crippen molar-refractivity contribution in [1.82, 2.24) is 4.98 Å². The van der Waals surface area contributed by atoms with Crippen LogP contribution in [0.1, 0.15) is 31.0 Å². The zero-order chi connectivity index (χ0) is 23.0. The fourth-order valence-electron chi connectivity index (χ4n) is 3.29. The van der Waals surface area contributed by atoms with Crippen molar-refractivity contribution < 1.29 is 18.9 Å². The van der Waals surface area contributed by atoms with Gasteiger partial charge in [-0.1, -0.05) is 34.0 Å². The molecule has 3 aromatic rings. The van der Waals surface area contributed by atoms with E-state index in [0.29, 0.717) is 12.3 Å². The number of pyridine rings is 1. The van der Waals surface area contributed by atoms with Crippen molar-refractivity contribution in [2.45, 2.75) is 44.7 Å². The zero-order valence-electron chi connectivity index (χ0n) is 18.7. The molecule has 1 heterocycles. The Morgan fingerprint density at radius 2 is 1.55 bits per heavy atom. The Kier molecular flexibility index (Phi) is 7.87. The first kappa shape index (κ1) is 23.2. The third kappa shape index (κ3) is 6.98. The standard InChI is InChI=1S/C27H26BrNO4/c1-19(31-18-20-4-10-23(30-2)11-5-20)3-8-22-9-14-25(17-29-22)33-27-15-26(16-27)32-24-12-6-21(28)7-13-24/h4-7,9-14,17,19,26-27H,15-16,18H2,1-2H3. The average Bonchev–Trinajstić information content (AvgIpc) is 2.82. The lowest BCUT2D eigenvalue weighted by molar-refractivity contribution is 0.00437. The van der Waals surface area contributed by atoms with Crippen LogP contribution in [0, 0.1) is 11.8 Å². The summed E-state index contributed by atoms with van der Waals surface area (Å²) in [6, 6.07) is 19.5. The van der Waals surface area contributed by atoms with Crippen LogP contribution in [0.2, 0.25) is 0 Å². The molecule has 0 amide bonds. The van der Waals surface area contributed by atoms with Crippen LogP contribution in [0.4, 0.5) is 0 Å². The molecule has 33 heavy (non-hydrogen) atoms. The van der Waals surface area contributed by atoms with Gasteiger partial charge in [0.2, 0.25) is 0 Å². The maximum Gasteiger partial charge on any atom is 0.138 e. The second-order valence-corrected chi connectivity index (χ2v) is 8.77. The molecule has 0 spiro atoms. The fourth-order valence-corrected chi connectivity index (χ4v) is 3.56. The van der Waals surface area contributed by atoms with Gasteiger partial charge in [-0.05, 0) is 66.9 Å². The highest BCUT2D eigenvalue weighted by Crippen LogP contribution is 2.30. The number of aromatic nitrogens is 1. The molecule has 0 aliphatic heterocycles. The average molecular weight is 508 g/mol. The summed E-state index contributed by atoms with van der Waals surface area (Å²) in [5, 5.41) is 0. The highest BCUT2D eigenvalue weighted by Gasteiger charge is 2.32. The molecular formula is C27H26BrNO4. The molecule has 0 N–H and O–H groups in total. The van der Waals surface area contributed by atoms with Crippen LogP contribution in [0.25, 0.3) is 0 Å². The molecule has 5 nitrogen and oxygen atoms in total. The molecule has 1 aliphatic carbocycles. The van der Waals surface area contributed by atoms with Crippen LogP contribution in [0.5, 0.6) is 17.2 Å². The number of methoxy groups -OCH3 is 1. The van der Waals surface area contributed by atoms with E-state index in [4.69, 9.17) is 18.9 Å². The number of ether oxygens (including phenoxy) is 4. The Balaban J connectivity index is 1.19. The summed E-state index contributed by atoms with van der Waals surface area (Å²) in [5.41, 5.74) is 1.76. The molecule has 0 saturated heterocycles. The number of hydrogen-bond acceptors (Lipinski definition) is 5. The Morgan fingerprint density at radius 1 is 0.909 bits per heavy atom. The summed E-state index contributed by atoms with van der Waals surface area (Å²) >= 11 is 3.43. The molecule has 0 radical (unpaired) electrons.